The predicted octanol–water partition coefficient (Wildman–Crippen LogP) is 3.94. The van der Waals surface area contributed by atoms with Crippen LogP contribution in [0.4, 0.5) is 0 Å². The molecular weight excluding hydrogens is 238 g/mol. The van der Waals surface area contributed by atoms with Crippen LogP contribution in [0.3, 0.4) is 0 Å². The van der Waals surface area contributed by atoms with E-state index in [0.29, 0.717) is 6.04 Å². The zero-order valence-corrected chi connectivity index (χ0v) is 11.4. The van der Waals surface area contributed by atoms with Crippen LogP contribution in [-0.4, -0.2) is 12.3 Å². The van der Waals surface area contributed by atoms with Crippen LogP contribution >= 0.6 is 23.4 Å². The first-order chi connectivity index (χ1) is 7.72. The normalized spacial score (nSPS) is 19.6. The smallest absolute Gasteiger partial charge is 0.0452 e. The third-order valence-corrected chi connectivity index (χ3v) is 4.32. The highest BCUT2D eigenvalue weighted by molar-refractivity contribution is 7.98. The molecule has 1 nitrogen and oxygen atoms in total. The summed E-state index contributed by atoms with van der Waals surface area (Å²) in [6, 6.07) is 4.84. The van der Waals surface area contributed by atoms with Crippen LogP contribution in [0.1, 0.15) is 36.1 Å². The molecule has 0 fully saturated rings. The minimum absolute atomic E-state index is 0.478. The number of halogens is 1. The van der Waals surface area contributed by atoms with Gasteiger partial charge >= 0.3 is 0 Å². The molecule has 0 spiro atoms. The maximum atomic E-state index is 6.31. The molecule has 0 saturated heterocycles. The van der Waals surface area contributed by atoms with Gasteiger partial charge < -0.3 is 5.32 Å². The summed E-state index contributed by atoms with van der Waals surface area (Å²) in [6.45, 7) is 5.40. The molecule has 1 aliphatic heterocycles. The Labute approximate surface area is 107 Å². The summed E-state index contributed by atoms with van der Waals surface area (Å²) in [5.41, 5.74) is 4.01. The highest BCUT2D eigenvalue weighted by Crippen LogP contribution is 2.36. The van der Waals surface area contributed by atoms with Crippen molar-refractivity contribution >= 4 is 23.4 Å². The summed E-state index contributed by atoms with van der Waals surface area (Å²) < 4.78 is 0. The van der Waals surface area contributed by atoms with Crippen molar-refractivity contribution in [2.24, 2.45) is 0 Å². The molecule has 0 amide bonds. The Kier molecular flexibility index (Phi) is 4.17. The molecule has 1 N–H and O–H groups in total. The van der Waals surface area contributed by atoms with Gasteiger partial charge in [0.25, 0.3) is 0 Å². The molecule has 1 heterocycles. The second kappa shape index (κ2) is 5.44. The van der Waals surface area contributed by atoms with Gasteiger partial charge in [-0.05, 0) is 42.6 Å². The van der Waals surface area contributed by atoms with E-state index >= 15 is 0 Å². The van der Waals surface area contributed by atoms with Crippen LogP contribution in [-0.2, 0) is 5.75 Å². The molecule has 3 heteroatoms. The maximum absolute atomic E-state index is 6.31. The van der Waals surface area contributed by atoms with Crippen LogP contribution in [0.5, 0.6) is 0 Å². The highest BCUT2D eigenvalue weighted by atomic mass is 35.5. The minimum Gasteiger partial charge on any atom is -0.309 e. The lowest BCUT2D eigenvalue weighted by Gasteiger charge is -2.27. The van der Waals surface area contributed by atoms with Crippen molar-refractivity contribution in [1.29, 1.82) is 0 Å². The van der Waals surface area contributed by atoms with E-state index in [4.69, 9.17) is 11.6 Å². The molecule has 0 aromatic heterocycles. The first-order valence-electron chi connectivity index (χ1n) is 5.82. The van der Waals surface area contributed by atoms with E-state index in [0.717, 1.165) is 23.1 Å². The Bertz CT molecular complexity index is 378. The number of hydrogen-bond donors (Lipinski definition) is 1. The van der Waals surface area contributed by atoms with Crippen molar-refractivity contribution in [1.82, 2.24) is 5.32 Å². The first-order valence-corrected chi connectivity index (χ1v) is 7.35. The molecule has 1 aromatic rings. The van der Waals surface area contributed by atoms with Crippen molar-refractivity contribution in [3.63, 3.8) is 0 Å². The molecule has 0 bridgehead atoms. The molecule has 1 aliphatic rings. The fourth-order valence-corrected chi connectivity index (χ4v) is 3.72. The Morgan fingerprint density at radius 1 is 1.50 bits per heavy atom. The zero-order chi connectivity index (χ0) is 11.5. The van der Waals surface area contributed by atoms with Crippen molar-refractivity contribution in [2.45, 2.75) is 32.1 Å². The Morgan fingerprint density at radius 3 is 3.06 bits per heavy atom. The Hall–Kier alpha value is -0.180. The standard InChI is InChI=1S/C13H18ClNS/c1-3-4-15-13-8-16-7-11-10(13)5-9(2)6-12(11)14/h5-6,13,15H,3-4,7-8H2,1-2H3. The topological polar surface area (TPSA) is 12.0 Å². The summed E-state index contributed by atoms with van der Waals surface area (Å²) in [5, 5.41) is 4.54. The molecule has 16 heavy (non-hydrogen) atoms. The number of benzene rings is 1. The van der Waals surface area contributed by atoms with Gasteiger partial charge in [-0.3, -0.25) is 0 Å². The van der Waals surface area contributed by atoms with Crippen LogP contribution < -0.4 is 5.32 Å². The number of rotatable bonds is 3. The molecule has 88 valence electrons. The molecule has 0 radical (unpaired) electrons. The second-order valence-electron chi connectivity index (χ2n) is 4.34. The lowest BCUT2D eigenvalue weighted by Crippen LogP contribution is -2.27. The quantitative estimate of drug-likeness (QED) is 0.878. The van der Waals surface area contributed by atoms with E-state index in [1.807, 2.05) is 11.8 Å². The number of fused-ring (bicyclic) bond motifs is 1. The monoisotopic (exact) mass is 255 g/mol. The van der Waals surface area contributed by atoms with E-state index in [9.17, 15) is 0 Å². The van der Waals surface area contributed by atoms with Crippen LogP contribution in [0.2, 0.25) is 5.02 Å². The first kappa shape index (κ1) is 12.3. The van der Waals surface area contributed by atoms with Crippen molar-refractivity contribution in [3.8, 4) is 0 Å². The van der Waals surface area contributed by atoms with Gasteiger partial charge in [0.2, 0.25) is 0 Å². The van der Waals surface area contributed by atoms with E-state index in [1.165, 1.54) is 23.1 Å². The summed E-state index contributed by atoms with van der Waals surface area (Å²) >= 11 is 8.27. The molecule has 1 aromatic carbocycles. The van der Waals surface area contributed by atoms with Crippen LogP contribution in [0, 0.1) is 6.92 Å². The number of aryl methyl sites for hydroxylation is 1. The van der Waals surface area contributed by atoms with Gasteiger partial charge in [-0.25, -0.2) is 0 Å². The van der Waals surface area contributed by atoms with Gasteiger partial charge in [0.1, 0.15) is 0 Å². The summed E-state index contributed by atoms with van der Waals surface area (Å²) in [4.78, 5) is 0. The van der Waals surface area contributed by atoms with Gasteiger partial charge in [0.05, 0.1) is 0 Å². The van der Waals surface area contributed by atoms with Gasteiger partial charge in [-0.1, -0.05) is 24.6 Å². The third kappa shape index (κ3) is 2.55. The zero-order valence-electron chi connectivity index (χ0n) is 9.85. The van der Waals surface area contributed by atoms with Gasteiger partial charge in [0.15, 0.2) is 0 Å². The third-order valence-electron chi connectivity index (χ3n) is 2.92. The van der Waals surface area contributed by atoms with Crippen molar-refractivity contribution < 1.29 is 0 Å². The van der Waals surface area contributed by atoms with Gasteiger partial charge in [0, 0.05) is 22.6 Å². The summed E-state index contributed by atoms with van der Waals surface area (Å²) in [6.07, 6.45) is 1.18. The van der Waals surface area contributed by atoms with Crippen LogP contribution in [0.15, 0.2) is 12.1 Å². The van der Waals surface area contributed by atoms with E-state index in [2.05, 4.69) is 31.3 Å². The number of thioether (sulfide) groups is 1. The molecule has 0 aliphatic carbocycles. The lowest BCUT2D eigenvalue weighted by molar-refractivity contribution is 0.571. The van der Waals surface area contributed by atoms with E-state index in [1.54, 1.807) is 0 Å². The average Bonchev–Trinajstić information content (AvgIpc) is 2.26. The maximum Gasteiger partial charge on any atom is 0.0452 e. The largest absolute Gasteiger partial charge is 0.309 e. The van der Waals surface area contributed by atoms with E-state index in [-0.39, 0.29) is 0 Å². The summed E-state index contributed by atoms with van der Waals surface area (Å²) in [7, 11) is 0. The fraction of sp³-hybridized carbons (Fsp3) is 0.538. The highest BCUT2D eigenvalue weighted by Gasteiger charge is 2.21. The van der Waals surface area contributed by atoms with E-state index < -0.39 is 0 Å². The average molecular weight is 256 g/mol. The van der Waals surface area contributed by atoms with Crippen molar-refractivity contribution in [2.75, 3.05) is 12.3 Å². The number of nitrogens with one attached hydrogen (secondary N) is 1. The van der Waals surface area contributed by atoms with Crippen molar-refractivity contribution in [3.05, 3.63) is 33.8 Å². The second-order valence-corrected chi connectivity index (χ2v) is 5.77. The molecule has 0 saturated carbocycles. The number of hydrogen-bond acceptors (Lipinski definition) is 2. The molecule has 1 unspecified atom stereocenters. The molecule has 1 atom stereocenters. The van der Waals surface area contributed by atoms with Gasteiger partial charge in [-0.15, -0.1) is 0 Å². The van der Waals surface area contributed by atoms with Gasteiger partial charge in [-0.2, -0.15) is 11.8 Å². The van der Waals surface area contributed by atoms with Crippen LogP contribution in [0.25, 0.3) is 0 Å². The molecule has 2 rings (SSSR count). The predicted molar refractivity (Wildman–Crippen MR) is 73.4 cm³/mol. The lowest BCUT2D eigenvalue weighted by atomic mass is 9.99. The Balaban J connectivity index is 2.30. The SMILES string of the molecule is CCCNC1CSCc2c(Cl)cc(C)cc21. The Morgan fingerprint density at radius 2 is 2.31 bits per heavy atom. The summed E-state index contributed by atoms with van der Waals surface area (Å²) in [5.74, 6) is 2.21. The fourth-order valence-electron chi connectivity index (χ4n) is 2.12. The molecular formula is C13H18ClNS. The minimum atomic E-state index is 0.478.